The van der Waals surface area contributed by atoms with Crippen molar-refractivity contribution in [3.63, 3.8) is 0 Å². The van der Waals surface area contributed by atoms with Crippen molar-refractivity contribution in [1.29, 1.82) is 5.26 Å². The summed E-state index contributed by atoms with van der Waals surface area (Å²) in [5.41, 5.74) is 0.597. The molecule has 2 nitrogen and oxygen atoms in total. The zero-order valence-corrected chi connectivity index (χ0v) is 12.4. The van der Waals surface area contributed by atoms with E-state index < -0.39 is 0 Å². The lowest BCUT2D eigenvalue weighted by Crippen LogP contribution is -1.87. The summed E-state index contributed by atoms with van der Waals surface area (Å²) in [5.74, 6) is 1.52. The van der Waals surface area contributed by atoms with Crippen LogP contribution in [-0.2, 0) is 0 Å². The lowest BCUT2D eigenvalue weighted by molar-refractivity contribution is 0.479. The molecule has 0 aromatic heterocycles. The summed E-state index contributed by atoms with van der Waals surface area (Å²) < 4.78 is 7.53. The molecule has 0 radical (unpaired) electrons. The topological polar surface area (TPSA) is 33.0 Å². The molecule has 0 bridgehead atoms. The summed E-state index contributed by atoms with van der Waals surface area (Å²) in [5, 5.41) is 8.82. The van der Waals surface area contributed by atoms with E-state index in [4.69, 9.17) is 10.00 Å². The molecule has 0 spiro atoms. The van der Waals surface area contributed by atoms with Gasteiger partial charge < -0.3 is 4.74 Å². The quantitative estimate of drug-likeness (QED) is 0.684. The summed E-state index contributed by atoms with van der Waals surface area (Å²) in [6.45, 7) is 0. The molecule has 84 valence electrons. The van der Waals surface area contributed by atoms with Crippen molar-refractivity contribution in [1.82, 2.24) is 0 Å². The molecular weight excluding hydrogens is 393 g/mol. The number of benzene rings is 2. The Kier molecular flexibility index (Phi) is 4.02. The molecule has 4 heteroatoms. The van der Waals surface area contributed by atoms with Crippen molar-refractivity contribution >= 4 is 38.5 Å². The van der Waals surface area contributed by atoms with Crippen LogP contribution in [0.3, 0.4) is 0 Å². The van der Waals surface area contributed by atoms with Crippen LogP contribution < -0.4 is 4.74 Å². The first-order chi connectivity index (χ1) is 8.20. The van der Waals surface area contributed by atoms with Gasteiger partial charge in [0, 0.05) is 4.47 Å². The van der Waals surface area contributed by atoms with E-state index in [1.165, 1.54) is 0 Å². The molecule has 2 aromatic carbocycles. The number of halogens is 2. The van der Waals surface area contributed by atoms with Gasteiger partial charge in [-0.15, -0.1) is 0 Å². The van der Waals surface area contributed by atoms with Gasteiger partial charge in [-0.2, -0.15) is 5.26 Å². The van der Waals surface area contributed by atoms with Crippen molar-refractivity contribution in [2.75, 3.05) is 0 Å². The van der Waals surface area contributed by atoms with Crippen LogP contribution in [0.1, 0.15) is 5.56 Å². The van der Waals surface area contributed by atoms with Gasteiger partial charge in [0.1, 0.15) is 17.6 Å². The molecule has 2 rings (SSSR count). The Morgan fingerprint density at radius 3 is 2.59 bits per heavy atom. The van der Waals surface area contributed by atoms with Gasteiger partial charge in [0.25, 0.3) is 0 Å². The molecule has 0 saturated heterocycles. The highest BCUT2D eigenvalue weighted by Crippen LogP contribution is 2.29. The molecule has 0 heterocycles. The number of nitrogens with zero attached hydrogens (tertiary/aromatic N) is 1. The van der Waals surface area contributed by atoms with Gasteiger partial charge in [0.15, 0.2) is 0 Å². The van der Waals surface area contributed by atoms with E-state index in [0.717, 1.165) is 13.8 Å². The molecule has 0 amide bonds. The van der Waals surface area contributed by atoms with Crippen LogP contribution in [-0.4, -0.2) is 0 Å². The summed E-state index contributed by atoms with van der Waals surface area (Å²) in [7, 11) is 0. The minimum Gasteiger partial charge on any atom is -0.456 e. The van der Waals surface area contributed by atoms with E-state index in [1.807, 2.05) is 24.3 Å². The number of rotatable bonds is 2. The number of nitriles is 1. The van der Waals surface area contributed by atoms with Crippen molar-refractivity contribution in [3.05, 3.63) is 56.1 Å². The Bertz CT molecular complexity index is 592. The minimum absolute atomic E-state index is 0.597. The van der Waals surface area contributed by atoms with Crippen molar-refractivity contribution in [2.24, 2.45) is 0 Å². The third kappa shape index (κ3) is 2.99. The van der Waals surface area contributed by atoms with Gasteiger partial charge in [0.05, 0.1) is 9.13 Å². The van der Waals surface area contributed by atoms with Crippen LogP contribution in [0.5, 0.6) is 11.5 Å². The van der Waals surface area contributed by atoms with Crippen LogP contribution in [0, 0.1) is 14.9 Å². The van der Waals surface area contributed by atoms with Crippen LogP contribution in [0.2, 0.25) is 0 Å². The molecule has 0 N–H and O–H groups in total. The Balaban J connectivity index is 2.29. The maximum absolute atomic E-state index is 8.82. The molecule has 0 aliphatic heterocycles. The van der Waals surface area contributed by atoms with E-state index in [9.17, 15) is 0 Å². The summed E-state index contributed by atoms with van der Waals surface area (Å²) in [6, 6.07) is 15.2. The van der Waals surface area contributed by atoms with Crippen LogP contribution in [0.4, 0.5) is 0 Å². The zero-order valence-electron chi connectivity index (χ0n) is 8.65. The largest absolute Gasteiger partial charge is 0.456 e. The second-order valence-corrected chi connectivity index (χ2v) is 5.30. The van der Waals surface area contributed by atoms with Gasteiger partial charge in [0.2, 0.25) is 0 Å². The first kappa shape index (κ1) is 12.4. The highest BCUT2D eigenvalue weighted by molar-refractivity contribution is 14.1. The van der Waals surface area contributed by atoms with E-state index in [1.54, 1.807) is 18.2 Å². The fraction of sp³-hybridized carbons (Fsp3) is 0. The molecule has 2 aromatic rings. The lowest BCUT2D eigenvalue weighted by atomic mass is 10.2. The van der Waals surface area contributed by atoms with Gasteiger partial charge >= 0.3 is 0 Å². The average Bonchev–Trinajstić information content (AvgIpc) is 2.32. The first-order valence-corrected chi connectivity index (χ1v) is 6.70. The summed E-state index contributed by atoms with van der Waals surface area (Å²) in [4.78, 5) is 0. The van der Waals surface area contributed by atoms with Crippen molar-refractivity contribution in [2.45, 2.75) is 0 Å². The molecule has 0 saturated carbocycles. The van der Waals surface area contributed by atoms with Gasteiger partial charge in [-0.1, -0.05) is 12.1 Å². The fourth-order valence-electron chi connectivity index (χ4n) is 1.30. The molecule has 0 aliphatic carbocycles. The van der Waals surface area contributed by atoms with E-state index in [0.29, 0.717) is 11.3 Å². The zero-order chi connectivity index (χ0) is 12.3. The van der Waals surface area contributed by atoms with Gasteiger partial charge in [-0.05, 0) is 68.9 Å². The predicted octanol–water partition coefficient (Wildman–Crippen LogP) is 4.72. The normalized spacial score (nSPS) is 9.71. The highest BCUT2D eigenvalue weighted by Gasteiger charge is 2.04. The molecule has 0 aliphatic rings. The molecule has 0 atom stereocenters. The molecule has 17 heavy (non-hydrogen) atoms. The lowest BCUT2D eigenvalue weighted by Gasteiger charge is -2.08. The fourth-order valence-corrected chi connectivity index (χ4v) is 2.25. The van der Waals surface area contributed by atoms with Crippen LogP contribution >= 0.6 is 38.5 Å². The van der Waals surface area contributed by atoms with E-state index >= 15 is 0 Å². The Hall–Kier alpha value is -1.06. The van der Waals surface area contributed by atoms with E-state index in [2.05, 4.69) is 44.6 Å². The second-order valence-electron chi connectivity index (χ2n) is 3.29. The summed E-state index contributed by atoms with van der Waals surface area (Å²) >= 11 is 5.56. The van der Waals surface area contributed by atoms with Gasteiger partial charge in [-0.25, -0.2) is 0 Å². The Morgan fingerprint density at radius 2 is 1.94 bits per heavy atom. The minimum atomic E-state index is 0.597. The Labute approximate surface area is 121 Å². The van der Waals surface area contributed by atoms with Crippen molar-refractivity contribution in [3.8, 4) is 17.6 Å². The predicted molar refractivity (Wildman–Crippen MR) is 78.1 cm³/mol. The monoisotopic (exact) mass is 399 g/mol. The average molecular weight is 400 g/mol. The smallest absolute Gasteiger partial charge is 0.140 e. The second kappa shape index (κ2) is 5.52. The summed E-state index contributed by atoms with van der Waals surface area (Å²) in [6.07, 6.45) is 0. The van der Waals surface area contributed by atoms with Crippen LogP contribution in [0.25, 0.3) is 0 Å². The number of para-hydroxylation sites is 1. The molecular formula is C13H7BrINO. The first-order valence-electron chi connectivity index (χ1n) is 4.83. The molecule has 0 unspecified atom stereocenters. The van der Waals surface area contributed by atoms with Crippen LogP contribution in [0.15, 0.2) is 46.9 Å². The number of ether oxygens (including phenoxy) is 1. The SMILES string of the molecule is N#Cc1ccc(Oc2ccccc2I)cc1Br. The highest BCUT2D eigenvalue weighted by atomic mass is 127. The third-order valence-corrected chi connectivity index (χ3v) is 3.67. The van der Waals surface area contributed by atoms with E-state index in [-0.39, 0.29) is 0 Å². The molecule has 0 fully saturated rings. The number of hydrogen-bond donors (Lipinski definition) is 0. The standard InChI is InChI=1S/C13H7BrINO/c14-11-7-10(6-5-9(11)8-16)17-13-4-2-1-3-12(13)15/h1-7H. The maximum Gasteiger partial charge on any atom is 0.140 e. The number of hydrogen-bond acceptors (Lipinski definition) is 2. The Morgan fingerprint density at radius 1 is 1.18 bits per heavy atom. The van der Waals surface area contributed by atoms with Gasteiger partial charge in [-0.3, -0.25) is 0 Å². The third-order valence-electron chi connectivity index (χ3n) is 2.13. The van der Waals surface area contributed by atoms with Crippen molar-refractivity contribution < 1.29 is 4.74 Å². The maximum atomic E-state index is 8.82.